The van der Waals surface area contributed by atoms with E-state index in [1.165, 1.54) is 5.56 Å². The molecule has 1 aliphatic rings. The fourth-order valence-electron chi connectivity index (χ4n) is 3.20. The molecule has 0 saturated heterocycles. The van der Waals surface area contributed by atoms with Gasteiger partial charge in [-0.3, -0.25) is 4.79 Å². The third kappa shape index (κ3) is 4.85. The average Bonchev–Trinajstić information content (AvgIpc) is 2.47. The molecule has 0 spiro atoms. The molecular weight excluding hydrogens is 316 g/mol. The smallest absolute Gasteiger partial charge is 0.303 e. The van der Waals surface area contributed by atoms with E-state index in [2.05, 4.69) is 58.1 Å². The minimum atomic E-state index is -1.78. The van der Waals surface area contributed by atoms with Crippen LogP contribution in [0, 0.1) is 5.92 Å². The summed E-state index contributed by atoms with van der Waals surface area (Å²) in [4.78, 5) is 10.8. The topological polar surface area (TPSA) is 46.5 Å². The Bertz CT molecular complexity index is 549. The lowest BCUT2D eigenvalue weighted by Crippen LogP contribution is -2.43. The summed E-state index contributed by atoms with van der Waals surface area (Å²) in [6, 6.07) is 8.62. The third-order valence-electron chi connectivity index (χ3n) is 5.84. The third-order valence-corrected chi connectivity index (χ3v) is 10.2. The van der Waals surface area contributed by atoms with Gasteiger partial charge in [-0.25, -0.2) is 0 Å². The van der Waals surface area contributed by atoms with Crippen LogP contribution in [0.1, 0.15) is 64.4 Å². The van der Waals surface area contributed by atoms with Crippen molar-refractivity contribution in [3.05, 3.63) is 29.8 Å². The maximum atomic E-state index is 10.8. The van der Waals surface area contributed by atoms with Gasteiger partial charge in [0.1, 0.15) is 5.75 Å². The first kappa shape index (κ1) is 19.0. The molecule has 0 amide bonds. The predicted molar refractivity (Wildman–Crippen MR) is 101 cm³/mol. The SMILES string of the molecule is CC(C)(C)[Si](C)(C)Oc1ccc([C@H]2CC[C@@H](CC(=O)O)CC2)cc1. The van der Waals surface area contributed by atoms with Crippen molar-refractivity contribution in [3.8, 4) is 5.75 Å². The Kier molecular flexibility index (Phi) is 5.79. The van der Waals surface area contributed by atoms with Gasteiger partial charge >= 0.3 is 5.97 Å². The summed E-state index contributed by atoms with van der Waals surface area (Å²) in [7, 11) is -1.78. The van der Waals surface area contributed by atoms with E-state index in [0.29, 0.717) is 18.3 Å². The van der Waals surface area contributed by atoms with E-state index in [0.717, 1.165) is 31.4 Å². The monoisotopic (exact) mass is 348 g/mol. The van der Waals surface area contributed by atoms with Crippen LogP contribution >= 0.6 is 0 Å². The highest BCUT2D eigenvalue weighted by Gasteiger charge is 2.39. The maximum Gasteiger partial charge on any atom is 0.303 e. The molecule has 1 N–H and O–H groups in total. The van der Waals surface area contributed by atoms with Crippen LogP contribution in [0.25, 0.3) is 0 Å². The number of rotatable bonds is 5. The van der Waals surface area contributed by atoms with Crippen molar-refractivity contribution in [1.82, 2.24) is 0 Å². The Morgan fingerprint density at radius 1 is 1.12 bits per heavy atom. The van der Waals surface area contributed by atoms with Gasteiger partial charge in [-0.2, -0.15) is 0 Å². The van der Waals surface area contributed by atoms with Gasteiger partial charge in [0, 0.05) is 6.42 Å². The number of carboxylic acid groups (broad SMARTS) is 1. The van der Waals surface area contributed by atoms with Crippen molar-refractivity contribution >= 4 is 14.3 Å². The molecule has 1 fully saturated rings. The highest BCUT2D eigenvalue weighted by Crippen LogP contribution is 2.39. The molecule has 0 unspecified atom stereocenters. The van der Waals surface area contributed by atoms with Crippen LogP contribution in [-0.4, -0.2) is 19.4 Å². The molecule has 0 radical (unpaired) electrons. The van der Waals surface area contributed by atoms with E-state index in [1.54, 1.807) is 0 Å². The second-order valence-corrected chi connectivity index (χ2v) is 13.5. The first-order chi connectivity index (χ1) is 11.1. The molecule has 0 heterocycles. The van der Waals surface area contributed by atoms with Crippen molar-refractivity contribution in [1.29, 1.82) is 0 Å². The second kappa shape index (κ2) is 7.30. The molecule has 3 nitrogen and oxygen atoms in total. The Hall–Kier alpha value is -1.29. The van der Waals surface area contributed by atoms with Gasteiger partial charge in [0.15, 0.2) is 0 Å². The molecule has 0 atom stereocenters. The zero-order valence-electron chi connectivity index (χ0n) is 15.8. The zero-order valence-corrected chi connectivity index (χ0v) is 16.8. The molecule has 2 rings (SSSR count). The molecule has 1 aromatic rings. The molecule has 4 heteroatoms. The van der Waals surface area contributed by atoms with E-state index in [4.69, 9.17) is 9.53 Å². The molecule has 24 heavy (non-hydrogen) atoms. The van der Waals surface area contributed by atoms with Crippen molar-refractivity contribution in [2.45, 2.75) is 76.9 Å². The van der Waals surface area contributed by atoms with Crippen LogP contribution in [0.15, 0.2) is 24.3 Å². The summed E-state index contributed by atoms with van der Waals surface area (Å²) in [5, 5.41) is 9.12. The fraction of sp³-hybridized carbons (Fsp3) is 0.650. The van der Waals surface area contributed by atoms with Crippen LogP contribution in [0.3, 0.4) is 0 Å². The van der Waals surface area contributed by atoms with Gasteiger partial charge in [0.2, 0.25) is 8.32 Å². The number of carbonyl (C=O) groups is 1. The summed E-state index contributed by atoms with van der Waals surface area (Å²) in [5.41, 5.74) is 1.37. The van der Waals surface area contributed by atoms with Gasteiger partial charge in [0.25, 0.3) is 0 Å². The number of benzene rings is 1. The van der Waals surface area contributed by atoms with E-state index in [-0.39, 0.29) is 5.04 Å². The van der Waals surface area contributed by atoms with Gasteiger partial charge in [-0.15, -0.1) is 0 Å². The van der Waals surface area contributed by atoms with Crippen molar-refractivity contribution in [3.63, 3.8) is 0 Å². The summed E-state index contributed by atoms with van der Waals surface area (Å²) in [6.45, 7) is 11.3. The number of hydrogen-bond acceptors (Lipinski definition) is 2. The van der Waals surface area contributed by atoms with E-state index >= 15 is 0 Å². The Morgan fingerprint density at radius 3 is 2.12 bits per heavy atom. The van der Waals surface area contributed by atoms with Crippen LogP contribution in [0.2, 0.25) is 18.1 Å². The molecule has 1 saturated carbocycles. The quantitative estimate of drug-likeness (QED) is 0.682. The lowest BCUT2D eigenvalue weighted by Gasteiger charge is -2.36. The summed E-state index contributed by atoms with van der Waals surface area (Å²) in [5.74, 6) is 1.24. The fourth-order valence-corrected chi connectivity index (χ4v) is 4.23. The van der Waals surface area contributed by atoms with Crippen molar-refractivity contribution in [2.75, 3.05) is 0 Å². The molecular formula is C20H32O3Si. The molecule has 1 aliphatic carbocycles. The average molecular weight is 349 g/mol. The van der Waals surface area contributed by atoms with Gasteiger partial charge in [-0.1, -0.05) is 32.9 Å². The highest BCUT2D eigenvalue weighted by atomic mass is 28.4. The molecule has 0 aliphatic heterocycles. The molecule has 1 aromatic carbocycles. The number of hydrogen-bond donors (Lipinski definition) is 1. The molecule has 0 bridgehead atoms. The van der Waals surface area contributed by atoms with Crippen molar-refractivity contribution in [2.24, 2.45) is 5.92 Å². The Balaban J connectivity index is 1.95. The van der Waals surface area contributed by atoms with Crippen LogP contribution in [0.5, 0.6) is 5.75 Å². The predicted octanol–water partition coefficient (Wildman–Crippen LogP) is 5.82. The van der Waals surface area contributed by atoms with Crippen molar-refractivity contribution < 1.29 is 14.3 Å². The standard InChI is InChI=1S/C20H32O3Si/c1-20(2,3)24(4,5)23-18-12-10-17(11-13-18)16-8-6-15(7-9-16)14-19(21)22/h10-13,15-16H,6-9,14H2,1-5H3,(H,21,22)/t15-,16+. The Morgan fingerprint density at radius 2 is 1.67 bits per heavy atom. The van der Waals surface area contributed by atoms with E-state index < -0.39 is 14.3 Å². The normalized spacial score (nSPS) is 22.2. The van der Waals surface area contributed by atoms with E-state index in [1.807, 2.05) is 0 Å². The second-order valence-electron chi connectivity index (χ2n) is 8.75. The molecule has 0 aromatic heterocycles. The van der Waals surface area contributed by atoms with Crippen LogP contribution < -0.4 is 4.43 Å². The first-order valence-electron chi connectivity index (χ1n) is 9.09. The van der Waals surface area contributed by atoms with Gasteiger partial charge in [0.05, 0.1) is 0 Å². The minimum Gasteiger partial charge on any atom is -0.544 e. The van der Waals surface area contributed by atoms with Gasteiger partial charge < -0.3 is 9.53 Å². The summed E-state index contributed by atoms with van der Waals surface area (Å²) in [6.07, 6.45) is 4.57. The lowest BCUT2D eigenvalue weighted by atomic mass is 9.77. The maximum absolute atomic E-state index is 10.8. The summed E-state index contributed by atoms with van der Waals surface area (Å²) < 4.78 is 6.34. The highest BCUT2D eigenvalue weighted by molar-refractivity contribution is 6.74. The number of carboxylic acids is 1. The molecule has 134 valence electrons. The van der Waals surface area contributed by atoms with Crippen LogP contribution in [0.4, 0.5) is 0 Å². The Labute approximate surface area is 147 Å². The lowest BCUT2D eigenvalue weighted by molar-refractivity contribution is -0.138. The zero-order chi connectivity index (χ0) is 18.0. The van der Waals surface area contributed by atoms with Gasteiger partial charge in [-0.05, 0) is 73.3 Å². The summed E-state index contributed by atoms with van der Waals surface area (Å²) >= 11 is 0. The van der Waals surface area contributed by atoms with E-state index in [9.17, 15) is 4.79 Å². The minimum absolute atomic E-state index is 0.203. The van der Waals surface area contributed by atoms with Crippen LogP contribution in [-0.2, 0) is 4.79 Å². The number of aliphatic carboxylic acids is 1. The first-order valence-corrected chi connectivity index (χ1v) is 12.0. The largest absolute Gasteiger partial charge is 0.544 e.